The summed E-state index contributed by atoms with van der Waals surface area (Å²) in [6.07, 6.45) is 1.58. The van der Waals surface area contributed by atoms with Crippen molar-refractivity contribution in [2.24, 2.45) is 0 Å². The molecule has 126 valence electrons. The Hall–Kier alpha value is -2.65. The van der Waals surface area contributed by atoms with Crippen molar-refractivity contribution in [3.63, 3.8) is 0 Å². The van der Waals surface area contributed by atoms with Crippen LogP contribution < -0.4 is 5.32 Å². The zero-order valence-electron chi connectivity index (χ0n) is 12.7. The Morgan fingerprint density at radius 2 is 2.08 bits per heavy atom. The summed E-state index contributed by atoms with van der Waals surface area (Å²) in [5.41, 5.74) is 1.42. The first-order valence-electron chi connectivity index (χ1n) is 7.24. The third kappa shape index (κ3) is 3.89. The van der Waals surface area contributed by atoms with E-state index in [1.54, 1.807) is 24.5 Å². The SMILES string of the molecule is Fc1cccc(Nc2nnc(SCc3cc(-c4ccco4)on3)s2)c1. The summed E-state index contributed by atoms with van der Waals surface area (Å²) < 4.78 is 24.5. The second kappa shape index (κ2) is 7.08. The molecule has 0 saturated heterocycles. The van der Waals surface area contributed by atoms with Gasteiger partial charge in [0.2, 0.25) is 10.9 Å². The molecule has 0 aliphatic carbocycles. The van der Waals surface area contributed by atoms with Crippen molar-refractivity contribution in [3.8, 4) is 11.5 Å². The number of hydrogen-bond acceptors (Lipinski definition) is 8. The highest BCUT2D eigenvalue weighted by Gasteiger charge is 2.11. The lowest BCUT2D eigenvalue weighted by Gasteiger charge is -2.00. The third-order valence-electron chi connectivity index (χ3n) is 3.15. The number of nitrogens with zero attached hydrogens (tertiary/aromatic N) is 3. The molecule has 0 spiro atoms. The zero-order valence-corrected chi connectivity index (χ0v) is 14.3. The Morgan fingerprint density at radius 1 is 1.12 bits per heavy atom. The molecule has 25 heavy (non-hydrogen) atoms. The molecule has 3 heterocycles. The van der Waals surface area contributed by atoms with Crippen molar-refractivity contribution in [3.05, 3.63) is 60.2 Å². The fraction of sp³-hybridized carbons (Fsp3) is 0.0625. The van der Waals surface area contributed by atoms with Crippen LogP contribution in [0.2, 0.25) is 0 Å². The molecule has 0 aliphatic heterocycles. The van der Waals surface area contributed by atoms with Gasteiger partial charge in [0.25, 0.3) is 0 Å². The average Bonchev–Trinajstić information content (AvgIpc) is 3.34. The Kier molecular flexibility index (Phi) is 4.49. The van der Waals surface area contributed by atoms with Crippen molar-refractivity contribution in [2.45, 2.75) is 10.1 Å². The van der Waals surface area contributed by atoms with Crippen LogP contribution in [0.5, 0.6) is 0 Å². The van der Waals surface area contributed by atoms with Gasteiger partial charge in [-0.05, 0) is 30.3 Å². The number of aromatic nitrogens is 3. The van der Waals surface area contributed by atoms with Gasteiger partial charge >= 0.3 is 0 Å². The molecule has 0 atom stereocenters. The summed E-state index contributed by atoms with van der Waals surface area (Å²) in [4.78, 5) is 0. The molecule has 0 aliphatic rings. The largest absolute Gasteiger partial charge is 0.461 e. The third-order valence-corrected chi connectivity index (χ3v) is 5.15. The van der Waals surface area contributed by atoms with Gasteiger partial charge < -0.3 is 14.3 Å². The van der Waals surface area contributed by atoms with E-state index in [-0.39, 0.29) is 5.82 Å². The Morgan fingerprint density at radius 3 is 2.92 bits per heavy atom. The number of rotatable bonds is 6. The molecule has 6 nitrogen and oxygen atoms in total. The second-order valence-electron chi connectivity index (χ2n) is 4.96. The standard InChI is InChI=1S/C16H11FN4O2S2/c17-10-3-1-4-11(7-10)18-15-19-20-16(25-15)24-9-12-8-14(23-21-12)13-5-2-6-22-13/h1-8H,9H2,(H,18,19). The molecule has 0 radical (unpaired) electrons. The Bertz CT molecular complexity index is 968. The first-order chi connectivity index (χ1) is 12.3. The quantitative estimate of drug-likeness (QED) is 0.478. The molecule has 3 aromatic heterocycles. The van der Waals surface area contributed by atoms with Crippen LogP contribution >= 0.6 is 23.1 Å². The lowest BCUT2D eigenvalue weighted by molar-refractivity contribution is 0.413. The van der Waals surface area contributed by atoms with E-state index in [2.05, 4.69) is 20.7 Å². The van der Waals surface area contributed by atoms with E-state index in [0.29, 0.717) is 28.1 Å². The summed E-state index contributed by atoms with van der Waals surface area (Å²) >= 11 is 2.88. The van der Waals surface area contributed by atoms with Crippen molar-refractivity contribution in [1.29, 1.82) is 0 Å². The normalized spacial score (nSPS) is 10.9. The van der Waals surface area contributed by atoms with E-state index in [4.69, 9.17) is 8.94 Å². The molecule has 4 rings (SSSR count). The first kappa shape index (κ1) is 15.9. The maximum absolute atomic E-state index is 13.2. The number of anilines is 2. The second-order valence-corrected chi connectivity index (χ2v) is 7.16. The van der Waals surface area contributed by atoms with Crippen LogP contribution in [0.3, 0.4) is 0 Å². The highest BCUT2D eigenvalue weighted by molar-refractivity contribution is 8.00. The highest BCUT2D eigenvalue weighted by atomic mass is 32.2. The maximum Gasteiger partial charge on any atom is 0.210 e. The van der Waals surface area contributed by atoms with Gasteiger partial charge in [-0.15, -0.1) is 10.2 Å². The number of thioether (sulfide) groups is 1. The van der Waals surface area contributed by atoms with Crippen LogP contribution in [0.15, 0.2) is 62.0 Å². The summed E-state index contributed by atoms with van der Waals surface area (Å²) in [5.74, 6) is 1.52. The smallest absolute Gasteiger partial charge is 0.210 e. The molecule has 0 bridgehead atoms. The molecule has 0 amide bonds. The number of nitrogens with one attached hydrogen (secondary N) is 1. The minimum absolute atomic E-state index is 0.303. The van der Waals surface area contributed by atoms with Gasteiger partial charge in [0.15, 0.2) is 10.1 Å². The molecule has 9 heteroatoms. The molecule has 0 fully saturated rings. The predicted molar refractivity (Wildman–Crippen MR) is 93.4 cm³/mol. The lowest BCUT2D eigenvalue weighted by atomic mass is 10.3. The van der Waals surface area contributed by atoms with Crippen LogP contribution in [-0.2, 0) is 5.75 Å². The van der Waals surface area contributed by atoms with Gasteiger partial charge in [-0.1, -0.05) is 34.3 Å². The van der Waals surface area contributed by atoms with Crippen molar-refractivity contribution >= 4 is 33.9 Å². The lowest BCUT2D eigenvalue weighted by Crippen LogP contribution is -1.89. The number of halogens is 1. The van der Waals surface area contributed by atoms with E-state index in [1.165, 1.54) is 35.2 Å². The first-order valence-corrected chi connectivity index (χ1v) is 9.05. The fourth-order valence-corrected chi connectivity index (χ4v) is 3.71. The zero-order chi connectivity index (χ0) is 17.1. The van der Waals surface area contributed by atoms with Gasteiger partial charge in [0.1, 0.15) is 5.82 Å². The fourth-order valence-electron chi connectivity index (χ4n) is 2.06. The minimum atomic E-state index is -0.303. The molecule has 0 unspecified atom stereocenters. The molecule has 1 aromatic carbocycles. The minimum Gasteiger partial charge on any atom is -0.461 e. The molecular weight excluding hydrogens is 363 g/mol. The highest BCUT2D eigenvalue weighted by Crippen LogP contribution is 2.30. The van der Waals surface area contributed by atoms with Crippen molar-refractivity contribution in [2.75, 3.05) is 5.32 Å². The van der Waals surface area contributed by atoms with Crippen LogP contribution in [0.1, 0.15) is 5.69 Å². The molecular formula is C16H11FN4O2S2. The van der Waals surface area contributed by atoms with Gasteiger partial charge in [-0.3, -0.25) is 0 Å². The van der Waals surface area contributed by atoms with Gasteiger partial charge in [0.05, 0.1) is 12.0 Å². The summed E-state index contributed by atoms with van der Waals surface area (Å²) in [7, 11) is 0. The van der Waals surface area contributed by atoms with E-state index < -0.39 is 0 Å². The van der Waals surface area contributed by atoms with E-state index in [9.17, 15) is 4.39 Å². The van der Waals surface area contributed by atoms with Crippen LogP contribution in [0.25, 0.3) is 11.5 Å². The topological polar surface area (TPSA) is 77.0 Å². The van der Waals surface area contributed by atoms with E-state index in [1.807, 2.05) is 12.1 Å². The number of furan rings is 1. The van der Waals surface area contributed by atoms with E-state index >= 15 is 0 Å². The van der Waals surface area contributed by atoms with Crippen molar-refractivity contribution in [1.82, 2.24) is 15.4 Å². The predicted octanol–water partition coefficient (Wildman–Crippen LogP) is 4.96. The number of benzene rings is 1. The van der Waals surface area contributed by atoms with Gasteiger partial charge in [-0.25, -0.2) is 4.39 Å². The summed E-state index contributed by atoms with van der Waals surface area (Å²) in [5, 5.41) is 15.8. The Balaban J connectivity index is 1.37. The number of hydrogen-bond donors (Lipinski definition) is 1. The molecule has 4 aromatic rings. The van der Waals surface area contributed by atoms with E-state index in [0.717, 1.165) is 10.0 Å². The maximum atomic E-state index is 13.2. The van der Waals surface area contributed by atoms with Crippen LogP contribution in [-0.4, -0.2) is 15.4 Å². The summed E-state index contributed by atoms with van der Waals surface area (Å²) in [6, 6.07) is 11.6. The van der Waals surface area contributed by atoms with Crippen LogP contribution in [0.4, 0.5) is 15.2 Å². The Labute approximate surface area is 150 Å². The molecule has 0 saturated carbocycles. The van der Waals surface area contributed by atoms with Gasteiger partial charge in [-0.2, -0.15) is 0 Å². The van der Waals surface area contributed by atoms with Crippen molar-refractivity contribution < 1.29 is 13.3 Å². The molecule has 1 N–H and O–H groups in total. The van der Waals surface area contributed by atoms with Crippen LogP contribution in [0, 0.1) is 5.82 Å². The average molecular weight is 374 g/mol. The summed E-state index contributed by atoms with van der Waals surface area (Å²) in [6.45, 7) is 0. The monoisotopic (exact) mass is 374 g/mol. The van der Waals surface area contributed by atoms with Gasteiger partial charge in [0, 0.05) is 17.5 Å².